The van der Waals surface area contributed by atoms with E-state index in [4.69, 9.17) is 4.74 Å². The van der Waals surface area contributed by atoms with Gasteiger partial charge in [-0.2, -0.15) is 0 Å². The summed E-state index contributed by atoms with van der Waals surface area (Å²) in [5.74, 6) is 1.22. The normalized spacial score (nSPS) is 15.0. The van der Waals surface area contributed by atoms with Crippen LogP contribution in [0.3, 0.4) is 0 Å². The largest absolute Gasteiger partial charge is 0.487 e. The number of ether oxygens (including phenoxy) is 1. The van der Waals surface area contributed by atoms with Crippen molar-refractivity contribution in [1.29, 1.82) is 0 Å². The van der Waals surface area contributed by atoms with Crippen LogP contribution in [0.2, 0.25) is 0 Å². The zero-order chi connectivity index (χ0) is 19.6. The van der Waals surface area contributed by atoms with E-state index in [1.807, 2.05) is 48.5 Å². The van der Waals surface area contributed by atoms with Crippen molar-refractivity contribution in [3.63, 3.8) is 0 Å². The monoisotopic (exact) mass is 382 g/mol. The Bertz CT molecular complexity index is 1190. The van der Waals surface area contributed by atoms with Crippen LogP contribution in [0, 0.1) is 0 Å². The Morgan fingerprint density at radius 1 is 1.00 bits per heavy atom. The first-order valence-corrected chi connectivity index (χ1v) is 9.48. The zero-order valence-corrected chi connectivity index (χ0v) is 15.6. The topological polar surface area (TPSA) is 77.0 Å². The van der Waals surface area contributed by atoms with Crippen molar-refractivity contribution in [3.8, 4) is 17.1 Å². The number of para-hydroxylation sites is 2. The van der Waals surface area contributed by atoms with Crippen LogP contribution in [-0.2, 0) is 6.42 Å². The molecule has 6 heteroatoms. The number of nitrogens with one attached hydrogen (secondary N) is 1. The van der Waals surface area contributed by atoms with Gasteiger partial charge in [0.2, 0.25) is 0 Å². The maximum atomic E-state index is 12.6. The molecule has 142 valence electrons. The Hall–Kier alpha value is -3.80. The summed E-state index contributed by atoms with van der Waals surface area (Å²) in [6.07, 6.45) is 4.01. The lowest BCUT2D eigenvalue weighted by Gasteiger charge is -2.13. The van der Waals surface area contributed by atoms with E-state index in [-0.39, 0.29) is 12.0 Å². The molecule has 3 heterocycles. The van der Waals surface area contributed by atoms with Gasteiger partial charge >= 0.3 is 0 Å². The lowest BCUT2D eigenvalue weighted by atomic mass is 10.1. The molecule has 29 heavy (non-hydrogen) atoms. The molecule has 0 bridgehead atoms. The highest BCUT2D eigenvalue weighted by Crippen LogP contribution is 2.37. The SMILES string of the molecule is O=C(NC[C@@H]1Cc2cccc(-c3ncccn3)c2O1)c1ccc2ccccc2n1. The second-order valence-corrected chi connectivity index (χ2v) is 6.91. The number of rotatable bonds is 4. The molecule has 0 fully saturated rings. The summed E-state index contributed by atoms with van der Waals surface area (Å²) in [7, 11) is 0. The van der Waals surface area contributed by atoms with Crippen LogP contribution in [-0.4, -0.2) is 33.5 Å². The Kier molecular flexibility index (Phi) is 4.37. The van der Waals surface area contributed by atoms with Gasteiger partial charge in [0, 0.05) is 24.2 Å². The van der Waals surface area contributed by atoms with Gasteiger partial charge in [-0.15, -0.1) is 0 Å². The summed E-state index contributed by atoms with van der Waals surface area (Å²) in [6, 6.07) is 19.1. The standard InChI is InChI=1S/C23H18N4O2/c28-23(20-10-9-15-5-1-2-8-19(15)27-20)26-14-17-13-16-6-3-7-18(21(16)29-17)22-24-11-4-12-25-22/h1-12,17H,13-14H2,(H,26,28)/t17-/m0/s1. The van der Waals surface area contributed by atoms with E-state index in [0.29, 0.717) is 18.1 Å². The molecule has 1 N–H and O–H groups in total. The van der Waals surface area contributed by atoms with Gasteiger partial charge in [-0.25, -0.2) is 15.0 Å². The fourth-order valence-electron chi connectivity index (χ4n) is 3.56. The highest BCUT2D eigenvalue weighted by molar-refractivity contribution is 5.94. The summed E-state index contributed by atoms with van der Waals surface area (Å²) in [5, 5.41) is 3.95. The Balaban J connectivity index is 1.29. The van der Waals surface area contributed by atoms with E-state index in [1.54, 1.807) is 24.5 Å². The van der Waals surface area contributed by atoms with Gasteiger partial charge in [0.15, 0.2) is 5.82 Å². The van der Waals surface area contributed by atoms with E-state index in [2.05, 4.69) is 20.3 Å². The highest BCUT2D eigenvalue weighted by Gasteiger charge is 2.27. The van der Waals surface area contributed by atoms with Crippen LogP contribution in [0.25, 0.3) is 22.3 Å². The first-order valence-electron chi connectivity index (χ1n) is 9.48. The molecule has 1 aliphatic heterocycles. The van der Waals surface area contributed by atoms with Crippen LogP contribution < -0.4 is 10.1 Å². The second-order valence-electron chi connectivity index (χ2n) is 6.91. The van der Waals surface area contributed by atoms with Crippen molar-refractivity contribution < 1.29 is 9.53 Å². The van der Waals surface area contributed by atoms with Crippen LogP contribution >= 0.6 is 0 Å². The van der Waals surface area contributed by atoms with Crippen molar-refractivity contribution in [2.24, 2.45) is 0 Å². The Morgan fingerprint density at radius 3 is 2.76 bits per heavy atom. The minimum Gasteiger partial charge on any atom is -0.487 e. The first-order chi connectivity index (χ1) is 14.3. The lowest BCUT2D eigenvalue weighted by molar-refractivity contribution is 0.0929. The lowest BCUT2D eigenvalue weighted by Crippen LogP contribution is -2.34. The summed E-state index contributed by atoms with van der Waals surface area (Å²) in [6.45, 7) is 0.400. The van der Waals surface area contributed by atoms with Gasteiger partial charge in [-0.05, 0) is 29.8 Å². The molecule has 0 saturated carbocycles. The van der Waals surface area contributed by atoms with E-state index in [1.165, 1.54) is 0 Å². The predicted molar refractivity (Wildman–Crippen MR) is 110 cm³/mol. The van der Waals surface area contributed by atoms with E-state index < -0.39 is 0 Å². The number of fused-ring (bicyclic) bond motifs is 2. The quantitative estimate of drug-likeness (QED) is 0.585. The molecule has 0 radical (unpaired) electrons. The number of amides is 1. The van der Waals surface area contributed by atoms with Gasteiger partial charge in [0.05, 0.1) is 17.6 Å². The van der Waals surface area contributed by atoms with Crippen LogP contribution in [0.5, 0.6) is 5.75 Å². The smallest absolute Gasteiger partial charge is 0.270 e. The number of pyridine rings is 1. The third-order valence-electron chi connectivity index (χ3n) is 4.96. The summed E-state index contributed by atoms with van der Waals surface area (Å²) >= 11 is 0. The van der Waals surface area contributed by atoms with Crippen LogP contribution in [0.15, 0.2) is 73.1 Å². The molecule has 1 amide bonds. The summed E-state index contributed by atoms with van der Waals surface area (Å²) in [5.41, 5.74) is 3.17. The van der Waals surface area contributed by atoms with Crippen molar-refractivity contribution in [2.45, 2.75) is 12.5 Å². The van der Waals surface area contributed by atoms with E-state index in [9.17, 15) is 4.79 Å². The number of hydrogen-bond acceptors (Lipinski definition) is 5. The van der Waals surface area contributed by atoms with E-state index in [0.717, 1.165) is 34.2 Å². The Labute approximate surface area is 167 Å². The number of benzene rings is 2. The average Bonchev–Trinajstić information content (AvgIpc) is 3.21. The third-order valence-corrected chi connectivity index (χ3v) is 4.96. The number of aromatic nitrogens is 3. The van der Waals surface area contributed by atoms with Crippen molar-refractivity contribution in [3.05, 3.63) is 84.3 Å². The Morgan fingerprint density at radius 2 is 1.86 bits per heavy atom. The fourth-order valence-corrected chi connectivity index (χ4v) is 3.56. The molecule has 0 saturated heterocycles. The molecule has 1 aliphatic rings. The van der Waals surface area contributed by atoms with Crippen molar-refractivity contribution >= 4 is 16.8 Å². The molecule has 0 aliphatic carbocycles. The summed E-state index contributed by atoms with van der Waals surface area (Å²) < 4.78 is 6.13. The molecule has 0 unspecified atom stereocenters. The average molecular weight is 382 g/mol. The minimum absolute atomic E-state index is 0.140. The molecular formula is C23H18N4O2. The van der Waals surface area contributed by atoms with Gasteiger partial charge in [-0.1, -0.05) is 36.4 Å². The van der Waals surface area contributed by atoms with Gasteiger partial charge < -0.3 is 10.1 Å². The summed E-state index contributed by atoms with van der Waals surface area (Å²) in [4.78, 5) is 25.6. The van der Waals surface area contributed by atoms with Gasteiger partial charge in [-0.3, -0.25) is 4.79 Å². The second kappa shape index (κ2) is 7.31. The number of carbonyl (C=O) groups excluding carboxylic acids is 1. The minimum atomic E-state index is -0.207. The first kappa shape index (κ1) is 17.3. The molecule has 1 atom stereocenters. The number of carbonyl (C=O) groups is 1. The maximum Gasteiger partial charge on any atom is 0.270 e. The highest BCUT2D eigenvalue weighted by atomic mass is 16.5. The molecule has 2 aromatic carbocycles. The van der Waals surface area contributed by atoms with Crippen LogP contribution in [0.1, 0.15) is 16.1 Å². The molecule has 5 rings (SSSR count). The number of nitrogens with zero attached hydrogens (tertiary/aromatic N) is 3. The van der Waals surface area contributed by atoms with Gasteiger partial charge in [0.1, 0.15) is 17.5 Å². The van der Waals surface area contributed by atoms with Crippen LogP contribution in [0.4, 0.5) is 0 Å². The van der Waals surface area contributed by atoms with Gasteiger partial charge in [0.25, 0.3) is 5.91 Å². The maximum absolute atomic E-state index is 12.6. The molecule has 4 aromatic rings. The van der Waals surface area contributed by atoms with Crippen molar-refractivity contribution in [2.75, 3.05) is 6.54 Å². The number of hydrogen-bond donors (Lipinski definition) is 1. The van der Waals surface area contributed by atoms with E-state index >= 15 is 0 Å². The molecular weight excluding hydrogens is 364 g/mol. The third kappa shape index (κ3) is 3.40. The molecule has 0 spiro atoms. The predicted octanol–water partition coefficient (Wildman–Crippen LogP) is 3.43. The fraction of sp³-hybridized carbons (Fsp3) is 0.130. The zero-order valence-electron chi connectivity index (χ0n) is 15.6. The molecule has 2 aromatic heterocycles. The van der Waals surface area contributed by atoms with Crippen molar-refractivity contribution in [1.82, 2.24) is 20.3 Å². The molecule has 6 nitrogen and oxygen atoms in total.